The number of hydrogen-bond donors (Lipinski definition) is 1. The van der Waals surface area contributed by atoms with Gasteiger partial charge in [0, 0.05) is 17.6 Å². The molecule has 1 aromatic carbocycles. The molecule has 6 nitrogen and oxygen atoms in total. The molecule has 0 bridgehead atoms. The Bertz CT molecular complexity index is 949. The van der Waals surface area contributed by atoms with Crippen molar-refractivity contribution in [1.82, 2.24) is 19.7 Å². The fourth-order valence-corrected chi connectivity index (χ4v) is 2.51. The SMILES string of the molecule is Cc1cc(OCc2n[nH]c(=O)n2C)c(-c2cccc(Cl)n2)cc1Cl. The standard InChI is InChI=1S/C16H14Cl2N4O2/c1-9-6-13(24-8-15-20-21-16(23)22(15)2)10(7-11(9)17)12-4-3-5-14(18)19-12/h3-7H,8H2,1-2H3,(H,21,23). The van der Waals surface area contributed by atoms with E-state index in [0.717, 1.165) is 5.56 Å². The molecular formula is C16H14Cl2N4O2. The predicted molar refractivity (Wildman–Crippen MR) is 92.6 cm³/mol. The van der Waals surface area contributed by atoms with Crippen LogP contribution in [0.2, 0.25) is 10.2 Å². The number of nitrogens with zero attached hydrogens (tertiary/aromatic N) is 3. The van der Waals surface area contributed by atoms with Gasteiger partial charge in [0.25, 0.3) is 0 Å². The van der Waals surface area contributed by atoms with E-state index in [4.69, 9.17) is 27.9 Å². The fraction of sp³-hybridized carbons (Fsp3) is 0.188. The molecule has 0 fully saturated rings. The van der Waals surface area contributed by atoms with Crippen LogP contribution < -0.4 is 10.4 Å². The first-order valence-electron chi connectivity index (χ1n) is 7.12. The zero-order valence-corrected chi connectivity index (χ0v) is 14.5. The largest absolute Gasteiger partial charge is 0.485 e. The van der Waals surface area contributed by atoms with Gasteiger partial charge in [-0.25, -0.2) is 14.9 Å². The molecule has 3 aromatic rings. The summed E-state index contributed by atoms with van der Waals surface area (Å²) >= 11 is 12.2. The van der Waals surface area contributed by atoms with Crippen molar-refractivity contribution >= 4 is 23.2 Å². The summed E-state index contributed by atoms with van der Waals surface area (Å²) in [7, 11) is 1.62. The Morgan fingerprint density at radius 3 is 2.75 bits per heavy atom. The highest BCUT2D eigenvalue weighted by Gasteiger charge is 2.13. The molecule has 1 N–H and O–H groups in total. The second kappa shape index (κ2) is 6.67. The molecule has 0 atom stereocenters. The third kappa shape index (κ3) is 3.29. The van der Waals surface area contributed by atoms with Crippen molar-refractivity contribution in [2.45, 2.75) is 13.5 Å². The van der Waals surface area contributed by atoms with Crippen LogP contribution in [0.3, 0.4) is 0 Å². The number of hydrogen-bond acceptors (Lipinski definition) is 4. The minimum absolute atomic E-state index is 0.129. The van der Waals surface area contributed by atoms with E-state index in [1.165, 1.54) is 4.57 Å². The van der Waals surface area contributed by atoms with E-state index in [2.05, 4.69) is 15.2 Å². The minimum Gasteiger partial charge on any atom is -0.485 e. The lowest BCUT2D eigenvalue weighted by Gasteiger charge is -2.13. The molecule has 0 aliphatic heterocycles. The summed E-state index contributed by atoms with van der Waals surface area (Å²) in [5.74, 6) is 1.07. The van der Waals surface area contributed by atoms with E-state index in [9.17, 15) is 4.79 Å². The summed E-state index contributed by atoms with van der Waals surface area (Å²) in [5.41, 5.74) is 1.94. The first-order valence-corrected chi connectivity index (χ1v) is 7.87. The lowest BCUT2D eigenvalue weighted by Crippen LogP contribution is -2.15. The number of pyridine rings is 1. The quantitative estimate of drug-likeness (QED) is 0.720. The number of aryl methyl sites for hydroxylation is 1. The fourth-order valence-electron chi connectivity index (χ4n) is 2.18. The summed E-state index contributed by atoms with van der Waals surface area (Å²) in [4.78, 5) is 15.7. The Kier molecular flexibility index (Phi) is 4.59. The molecule has 0 radical (unpaired) electrons. The van der Waals surface area contributed by atoms with Crippen LogP contribution in [-0.2, 0) is 13.7 Å². The van der Waals surface area contributed by atoms with Crippen LogP contribution in [0.15, 0.2) is 35.1 Å². The van der Waals surface area contributed by atoms with Crippen LogP contribution in [0.1, 0.15) is 11.4 Å². The summed E-state index contributed by atoms with van der Waals surface area (Å²) in [6.07, 6.45) is 0. The van der Waals surface area contributed by atoms with E-state index in [-0.39, 0.29) is 12.3 Å². The van der Waals surface area contributed by atoms with E-state index in [1.807, 2.05) is 19.1 Å². The number of rotatable bonds is 4. The molecule has 0 saturated carbocycles. The zero-order chi connectivity index (χ0) is 17.3. The Hall–Kier alpha value is -2.31. The van der Waals surface area contributed by atoms with Crippen molar-refractivity contribution in [3.05, 3.63) is 62.4 Å². The van der Waals surface area contributed by atoms with Crippen molar-refractivity contribution in [3.8, 4) is 17.0 Å². The molecule has 0 aliphatic carbocycles. The summed E-state index contributed by atoms with van der Waals surface area (Å²) in [6.45, 7) is 2.01. The van der Waals surface area contributed by atoms with Crippen LogP contribution >= 0.6 is 23.2 Å². The van der Waals surface area contributed by atoms with Crippen LogP contribution in [0.4, 0.5) is 0 Å². The van der Waals surface area contributed by atoms with Gasteiger partial charge in [0.1, 0.15) is 17.5 Å². The molecule has 3 rings (SSSR count). The van der Waals surface area contributed by atoms with E-state index >= 15 is 0 Å². The average molecular weight is 365 g/mol. The minimum atomic E-state index is -0.294. The van der Waals surface area contributed by atoms with Crippen LogP contribution in [0, 0.1) is 6.92 Å². The maximum absolute atomic E-state index is 11.4. The molecule has 0 saturated heterocycles. The van der Waals surface area contributed by atoms with E-state index < -0.39 is 0 Å². The Balaban J connectivity index is 1.98. The number of H-pyrrole nitrogens is 1. The molecule has 0 aliphatic rings. The maximum Gasteiger partial charge on any atom is 0.343 e. The van der Waals surface area contributed by atoms with Crippen molar-refractivity contribution < 1.29 is 4.74 Å². The second-order valence-corrected chi connectivity index (χ2v) is 6.03. The van der Waals surface area contributed by atoms with Gasteiger partial charge in [0.15, 0.2) is 5.82 Å². The molecule has 0 spiro atoms. The van der Waals surface area contributed by atoms with Crippen LogP contribution in [0.25, 0.3) is 11.3 Å². The Morgan fingerprint density at radius 2 is 2.08 bits per heavy atom. The van der Waals surface area contributed by atoms with Gasteiger partial charge in [0.05, 0.1) is 5.69 Å². The van der Waals surface area contributed by atoms with Gasteiger partial charge < -0.3 is 4.74 Å². The first-order chi connectivity index (χ1) is 11.5. The lowest BCUT2D eigenvalue weighted by atomic mass is 10.1. The van der Waals surface area contributed by atoms with Crippen molar-refractivity contribution in [1.29, 1.82) is 0 Å². The number of aromatic nitrogens is 4. The predicted octanol–water partition coefficient (Wildman–Crippen LogP) is 3.36. The number of ether oxygens (including phenoxy) is 1. The van der Waals surface area contributed by atoms with Gasteiger partial charge in [0.2, 0.25) is 0 Å². The monoisotopic (exact) mass is 364 g/mol. The van der Waals surface area contributed by atoms with Crippen molar-refractivity contribution in [2.75, 3.05) is 0 Å². The summed E-state index contributed by atoms with van der Waals surface area (Å²) in [5, 5.41) is 7.28. The van der Waals surface area contributed by atoms with Gasteiger partial charge in [-0.05, 0) is 36.8 Å². The highest BCUT2D eigenvalue weighted by molar-refractivity contribution is 6.31. The van der Waals surface area contributed by atoms with Gasteiger partial charge >= 0.3 is 5.69 Å². The molecule has 8 heteroatoms. The van der Waals surface area contributed by atoms with Crippen molar-refractivity contribution in [3.63, 3.8) is 0 Å². The number of aromatic amines is 1. The normalized spacial score (nSPS) is 10.8. The third-order valence-electron chi connectivity index (χ3n) is 3.58. The van der Waals surface area contributed by atoms with E-state index in [1.54, 1.807) is 25.2 Å². The average Bonchev–Trinajstić information content (AvgIpc) is 2.87. The van der Waals surface area contributed by atoms with E-state index in [0.29, 0.717) is 33.0 Å². The highest BCUT2D eigenvalue weighted by atomic mass is 35.5. The lowest BCUT2D eigenvalue weighted by molar-refractivity contribution is 0.292. The van der Waals surface area contributed by atoms with Gasteiger partial charge in [-0.2, -0.15) is 5.10 Å². The van der Waals surface area contributed by atoms with Gasteiger partial charge in [-0.3, -0.25) is 4.57 Å². The molecular weight excluding hydrogens is 351 g/mol. The van der Waals surface area contributed by atoms with Gasteiger partial charge in [-0.15, -0.1) is 0 Å². The topological polar surface area (TPSA) is 72.8 Å². The first kappa shape index (κ1) is 16.5. The molecule has 124 valence electrons. The Morgan fingerprint density at radius 1 is 1.29 bits per heavy atom. The van der Waals surface area contributed by atoms with Crippen LogP contribution in [0.5, 0.6) is 5.75 Å². The molecule has 2 heterocycles. The van der Waals surface area contributed by atoms with Gasteiger partial charge in [-0.1, -0.05) is 29.3 Å². The number of benzene rings is 1. The van der Waals surface area contributed by atoms with Crippen molar-refractivity contribution in [2.24, 2.45) is 7.05 Å². The summed E-state index contributed by atoms with van der Waals surface area (Å²) < 4.78 is 7.25. The smallest absolute Gasteiger partial charge is 0.343 e. The van der Waals surface area contributed by atoms with Crippen LogP contribution in [-0.4, -0.2) is 19.7 Å². The number of halogens is 2. The zero-order valence-electron chi connectivity index (χ0n) is 13.0. The highest BCUT2D eigenvalue weighted by Crippen LogP contribution is 2.34. The molecule has 2 aromatic heterocycles. The second-order valence-electron chi connectivity index (χ2n) is 5.24. The number of nitrogens with one attached hydrogen (secondary N) is 1. The maximum atomic E-state index is 11.4. The molecule has 0 amide bonds. The molecule has 24 heavy (non-hydrogen) atoms. The molecule has 0 unspecified atom stereocenters. The third-order valence-corrected chi connectivity index (χ3v) is 4.20. The Labute approximate surface area is 148 Å². The summed E-state index contributed by atoms with van der Waals surface area (Å²) in [6, 6.07) is 8.93.